The molecule has 1 heterocycles. The molecule has 0 radical (unpaired) electrons. The number of carbonyl (C=O) groups is 1. The van der Waals surface area contributed by atoms with Gasteiger partial charge in [0, 0.05) is 12.1 Å². The van der Waals surface area contributed by atoms with E-state index in [2.05, 4.69) is 15.6 Å². The second kappa shape index (κ2) is 7.53. The van der Waals surface area contributed by atoms with Crippen molar-refractivity contribution in [1.82, 2.24) is 4.98 Å². The predicted octanol–water partition coefficient (Wildman–Crippen LogP) is 4.22. The van der Waals surface area contributed by atoms with E-state index < -0.39 is 5.82 Å². The van der Waals surface area contributed by atoms with Gasteiger partial charge in [0.15, 0.2) is 0 Å². The Morgan fingerprint density at radius 3 is 2.12 bits per heavy atom. The average Bonchev–Trinajstić information content (AvgIpc) is 2.63. The van der Waals surface area contributed by atoms with Crippen LogP contribution in [0, 0.1) is 11.6 Å². The molecule has 0 fully saturated rings. The van der Waals surface area contributed by atoms with E-state index in [1.165, 1.54) is 36.4 Å². The lowest BCUT2D eigenvalue weighted by Crippen LogP contribution is -2.13. The number of nitrogens with zero attached hydrogens (tertiary/aromatic N) is 1. The molecule has 3 aromatic rings. The molecule has 2 N–H and O–H groups in total. The van der Waals surface area contributed by atoms with Gasteiger partial charge in [0.05, 0.1) is 11.9 Å². The van der Waals surface area contributed by atoms with Crippen molar-refractivity contribution in [3.05, 3.63) is 89.6 Å². The van der Waals surface area contributed by atoms with Gasteiger partial charge in [-0.15, -0.1) is 0 Å². The third-order valence-electron chi connectivity index (χ3n) is 3.52. The molecule has 4 nitrogen and oxygen atoms in total. The van der Waals surface area contributed by atoms with E-state index in [-0.39, 0.29) is 11.7 Å². The molecule has 0 aliphatic carbocycles. The minimum Gasteiger partial charge on any atom is -0.380 e. The monoisotopic (exact) mass is 339 g/mol. The molecule has 0 unspecified atom stereocenters. The predicted molar refractivity (Wildman–Crippen MR) is 92.3 cm³/mol. The standard InChI is InChI=1S/C19H15F2N3O/c20-15-5-1-13(2-6-15)11-22-17-9-10-18(23-12-17)24-19(25)14-3-7-16(21)8-4-14/h1-10,12,22H,11H2,(H,23,24,25). The lowest BCUT2D eigenvalue weighted by molar-refractivity contribution is 0.102. The molecule has 0 bridgehead atoms. The first kappa shape index (κ1) is 16.6. The quantitative estimate of drug-likeness (QED) is 0.732. The van der Waals surface area contributed by atoms with E-state index >= 15 is 0 Å². The molecule has 0 atom stereocenters. The fourth-order valence-electron chi connectivity index (χ4n) is 2.17. The fourth-order valence-corrected chi connectivity index (χ4v) is 2.17. The summed E-state index contributed by atoms with van der Waals surface area (Å²) in [5.74, 6) is -0.640. The smallest absolute Gasteiger partial charge is 0.256 e. The van der Waals surface area contributed by atoms with Gasteiger partial charge in [0.25, 0.3) is 5.91 Å². The number of benzene rings is 2. The van der Waals surface area contributed by atoms with Crippen LogP contribution in [0.15, 0.2) is 66.9 Å². The highest BCUT2D eigenvalue weighted by Gasteiger charge is 2.07. The number of halogens is 2. The number of hydrogen-bond acceptors (Lipinski definition) is 3. The Bertz CT molecular complexity index is 847. The second-order valence-electron chi connectivity index (χ2n) is 5.37. The normalized spacial score (nSPS) is 10.3. The zero-order valence-corrected chi connectivity index (χ0v) is 13.2. The van der Waals surface area contributed by atoms with Gasteiger partial charge < -0.3 is 10.6 Å². The molecule has 25 heavy (non-hydrogen) atoms. The van der Waals surface area contributed by atoms with E-state index in [1.54, 1.807) is 30.5 Å². The first-order valence-electron chi connectivity index (χ1n) is 7.61. The number of pyridine rings is 1. The van der Waals surface area contributed by atoms with E-state index in [4.69, 9.17) is 0 Å². The molecule has 3 rings (SSSR count). The summed E-state index contributed by atoms with van der Waals surface area (Å²) in [5, 5.41) is 5.80. The van der Waals surface area contributed by atoms with Crippen LogP contribution >= 0.6 is 0 Å². The summed E-state index contributed by atoms with van der Waals surface area (Å²) in [7, 11) is 0. The van der Waals surface area contributed by atoms with Gasteiger partial charge in [-0.2, -0.15) is 0 Å². The Morgan fingerprint density at radius 2 is 1.52 bits per heavy atom. The van der Waals surface area contributed by atoms with Crippen molar-refractivity contribution in [2.24, 2.45) is 0 Å². The van der Waals surface area contributed by atoms with E-state index in [9.17, 15) is 13.6 Å². The molecule has 0 saturated heterocycles. The molecule has 0 spiro atoms. The van der Waals surface area contributed by atoms with Crippen molar-refractivity contribution >= 4 is 17.4 Å². The van der Waals surface area contributed by atoms with Gasteiger partial charge in [-0.05, 0) is 54.1 Å². The van der Waals surface area contributed by atoms with Crippen LogP contribution in [0.3, 0.4) is 0 Å². The zero-order valence-electron chi connectivity index (χ0n) is 13.2. The van der Waals surface area contributed by atoms with Crippen molar-refractivity contribution < 1.29 is 13.6 Å². The highest BCUT2D eigenvalue weighted by Crippen LogP contribution is 2.13. The molecular formula is C19H15F2N3O. The summed E-state index contributed by atoms with van der Waals surface area (Å²) in [4.78, 5) is 16.2. The molecule has 1 amide bonds. The molecular weight excluding hydrogens is 324 g/mol. The number of amides is 1. The summed E-state index contributed by atoms with van der Waals surface area (Å²) < 4.78 is 25.7. The van der Waals surface area contributed by atoms with E-state index in [1.807, 2.05) is 0 Å². The maximum absolute atomic E-state index is 12.9. The Hall–Kier alpha value is -3.28. The summed E-state index contributed by atoms with van der Waals surface area (Å²) >= 11 is 0. The van der Waals surface area contributed by atoms with Crippen molar-refractivity contribution in [1.29, 1.82) is 0 Å². The van der Waals surface area contributed by atoms with Gasteiger partial charge in [-0.25, -0.2) is 13.8 Å². The number of nitrogens with one attached hydrogen (secondary N) is 2. The van der Waals surface area contributed by atoms with E-state index in [0.29, 0.717) is 17.9 Å². The maximum atomic E-state index is 12.9. The largest absolute Gasteiger partial charge is 0.380 e. The first-order valence-corrected chi connectivity index (χ1v) is 7.61. The van der Waals surface area contributed by atoms with Gasteiger partial charge in [-0.1, -0.05) is 12.1 Å². The minimum absolute atomic E-state index is 0.272. The van der Waals surface area contributed by atoms with Crippen LogP contribution in [0.5, 0.6) is 0 Å². The highest BCUT2D eigenvalue weighted by molar-refractivity contribution is 6.03. The summed E-state index contributed by atoms with van der Waals surface area (Å²) in [6.07, 6.45) is 1.59. The van der Waals surface area contributed by atoms with E-state index in [0.717, 1.165) is 11.3 Å². The van der Waals surface area contributed by atoms with Crippen molar-refractivity contribution in [3.63, 3.8) is 0 Å². The summed E-state index contributed by atoms with van der Waals surface area (Å²) in [6, 6.07) is 14.9. The number of carbonyl (C=O) groups excluding carboxylic acids is 1. The van der Waals surface area contributed by atoms with Crippen LogP contribution in [-0.2, 0) is 6.54 Å². The number of anilines is 2. The van der Waals surface area contributed by atoms with Crippen LogP contribution in [-0.4, -0.2) is 10.9 Å². The highest BCUT2D eigenvalue weighted by atomic mass is 19.1. The third kappa shape index (κ3) is 4.60. The molecule has 6 heteroatoms. The Morgan fingerprint density at radius 1 is 0.880 bits per heavy atom. The Labute approximate surface area is 143 Å². The van der Waals surface area contributed by atoms with Crippen LogP contribution in [0.1, 0.15) is 15.9 Å². The topological polar surface area (TPSA) is 54.0 Å². The average molecular weight is 339 g/mol. The maximum Gasteiger partial charge on any atom is 0.256 e. The van der Waals surface area contributed by atoms with Gasteiger partial charge >= 0.3 is 0 Å². The minimum atomic E-state index is -0.397. The second-order valence-corrected chi connectivity index (χ2v) is 5.37. The molecule has 126 valence electrons. The van der Waals surface area contributed by atoms with Gasteiger partial charge in [-0.3, -0.25) is 4.79 Å². The molecule has 0 saturated carbocycles. The van der Waals surface area contributed by atoms with Crippen LogP contribution in [0.4, 0.5) is 20.3 Å². The SMILES string of the molecule is O=C(Nc1ccc(NCc2ccc(F)cc2)cn1)c1ccc(F)cc1. The lowest BCUT2D eigenvalue weighted by atomic mass is 10.2. The van der Waals surface area contributed by atoms with Crippen LogP contribution in [0.2, 0.25) is 0 Å². The molecule has 0 aliphatic rings. The third-order valence-corrected chi connectivity index (χ3v) is 3.52. The van der Waals surface area contributed by atoms with Gasteiger partial charge in [0.2, 0.25) is 0 Å². The number of rotatable bonds is 5. The molecule has 2 aromatic carbocycles. The summed E-state index contributed by atoms with van der Waals surface area (Å²) in [5.41, 5.74) is 2.06. The first-order chi connectivity index (χ1) is 12.1. The Kier molecular flexibility index (Phi) is 4.99. The van der Waals surface area contributed by atoms with Crippen molar-refractivity contribution in [2.75, 3.05) is 10.6 Å². The zero-order chi connectivity index (χ0) is 17.6. The van der Waals surface area contributed by atoms with Gasteiger partial charge in [0.1, 0.15) is 17.5 Å². The number of hydrogen-bond donors (Lipinski definition) is 2. The number of aromatic nitrogens is 1. The summed E-state index contributed by atoms with van der Waals surface area (Å²) in [6.45, 7) is 0.531. The molecule has 1 aromatic heterocycles. The van der Waals surface area contributed by atoms with Crippen LogP contribution < -0.4 is 10.6 Å². The van der Waals surface area contributed by atoms with Crippen LogP contribution in [0.25, 0.3) is 0 Å². The fraction of sp³-hybridized carbons (Fsp3) is 0.0526. The van der Waals surface area contributed by atoms with Crippen molar-refractivity contribution in [3.8, 4) is 0 Å². The molecule has 0 aliphatic heterocycles. The Balaban J connectivity index is 1.57. The van der Waals surface area contributed by atoms with Crippen molar-refractivity contribution in [2.45, 2.75) is 6.54 Å². The lowest BCUT2D eigenvalue weighted by Gasteiger charge is -2.08.